The van der Waals surface area contributed by atoms with Gasteiger partial charge in [-0.3, -0.25) is 14.7 Å². The van der Waals surface area contributed by atoms with Crippen LogP contribution in [0, 0.1) is 5.92 Å². The summed E-state index contributed by atoms with van der Waals surface area (Å²) in [6.07, 6.45) is 8.29. The van der Waals surface area contributed by atoms with E-state index in [1.54, 1.807) is 6.20 Å². The zero-order chi connectivity index (χ0) is 24.2. The van der Waals surface area contributed by atoms with E-state index in [1.807, 2.05) is 42.5 Å². The molecule has 0 radical (unpaired) electrons. The first-order valence-electron chi connectivity index (χ1n) is 12.8. The maximum Gasteiger partial charge on any atom is 0.162 e. The first-order valence-corrected chi connectivity index (χ1v) is 13.6. The van der Waals surface area contributed by atoms with Crippen molar-refractivity contribution < 1.29 is 4.79 Å². The molecule has 2 aliphatic rings. The molecule has 0 aliphatic carbocycles. The van der Waals surface area contributed by atoms with Crippen LogP contribution in [0.25, 0.3) is 10.9 Å². The monoisotopic (exact) mass is 509 g/mol. The molecule has 2 aliphatic heterocycles. The summed E-state index contributed by atoms with van der Waals surface area (Å²) in [6.45, 7) is 5.48. The fraction of sp³-hybridized carbons (Fsp3) is 0.448. The number of fused-ring (bicyclic) bond motifs is 1. The van der Waals surface area contributed by atoms with Gasteiger partial charge in [0.2, 0.25) is 0 Å². The summed E-state index contributed by atoms with van der Waals surface area (Å²) < 4.78 is 0. The zero-order valence-corrected chi connectivity index (χ0v) is 21.6. The van der Waals surface area contributed by atoms with E-state index in [2.05, 4.69) is 20.9 Å². The maximum atomic E-state index is 12.9. The SMILES string of the molecule is O=C(CCC1CCCN(C2CCN(Cc3ccc(Cl)c(Cl)c3)CC2)C1)c1ccc2ncccc2c1. The van der Waals surface area contributed by atoms with Crippen LogP contribution < -0.4 is 0 Å². The van der Waals surface area contributed by atoms with Crippen LogP contribution >= 0.6 is 23.2 Å². The lowest BCUT2D eigenvalue weighted by atomic mass is 9.89. The average molecular weight is 511 g/mol. The Bertz CT molecular complexity index is 1180. The molecule has 1 aromatic heterocycles. The predicted molar refractivity (Wildman–Crippen MR) is 144 cm³/mol. The topological polar surface area (TPSA) is 36.4 Å². The number of likely N-dealkylation sites (tertiary alicyclic amines) is 2. The van der Waals surface area contributed by atoms with Crippen molar-refractivity contribution in [3.63, 3.8) is 0 Å². The van der Waals surface area contributed by atoms with Gasteiger partial charge in [0.15, 0.2) is 5.78 Å². The molecule has 3 heterocycles. The van der Waals surface area contributed by atoms with Crippen molar-refractivity contribution in [2.24, 2.45) is 5.92 Å². The van der Waals surface area contributed by atoms with Gasteiger partial charge in [-0.2, -0.15) is 0 Å². The summed E-state index contributed by atoms with van der Waals surface area (Å²) in [6, 6.07) is 16.4. The third-order valence-electron chi connectivity index (χ3n) is 7.72. The summed E-state index contributed by atoms with van der Waals surface area (Å²) in [5.74, 6) is 0.868. The lowest BCUT2D eigenvalue weighted by Crippen LogP contribution is -2.48. The van der Waals surface area contributed by atoms with Gasteiger partial charge >= 0.3 is 0 Å². The summed E-state index contributed by atoms with van der Waals surface area (Å²) >= 11 is 12.3. The number of Topliss-reactive ketones (excluding diaryl/α,β-unsaturated/α-hetero) is 1. The normalized spacial score (nSPS) is 20.3. The van der Waals surface area contributed by atoms with Gasteiger partial charge in [-0.15, -0.1) is 0 Å². The van der Waals surface area contributed by atoms with Crippen molar-refractivity contribution >= 4 is 39.9 Å². The molecule has 0 N–H and O–H groups in total. The van der Waals surface area contributed by atoms with Gasteiger partial charge in [0.25, 0.3) is 0 Å². The Morgan fingerprint density at radius 2 is 1.83 bits per heavy atom. The number of carbonyl (C=O) groups is 1. The molecule has 184 valence electrons. The van der Waals surface area contributed by atoms with Gasteiger partial charge in [-0.05, 0) is 99.6 Å². The number of halogens is 2. The Labute approximate surface area is 218 Å². The number of aromatic nitrogens is 1. The molecule has 3 aromatic rings. The largest absolute Gasteiger partial charge is 0.300 e. The Morgan fingerprint density at radius 1 is 0.971 bits per heavy atom. The molecule has 0 bridgehead atoms. The molecule has 2 fully saturated rings. The van der Waals surface area contributed by atoms with E-state index in [0.29, 0.717) is 28.4 Å². The third-order valence-corrected chi connectivity index (χ3v) is 8.46. The number of hydrogen-bond donors (Lipinski definition) is 0. The van der Waals surface area contributed by atoms with Gasteiger partial charge in [0.1, 0.15) is 0 Å². The lowest BCUT2D eigenvalue weighted by Gasteiger charge is -2.42. The second-order valence-electron chi connectivity index (χ2n) is 10.1. The number of hydrogen-bond acceptors (Lipinski definition) is 4. The van der Waals surface area contributed by atoms with E-state index in [9.17, 15) is 4.79 Å². The molecule has 35 heavy (non-hydrogen) atoms. The molecular formula is C29H33Cl2N3O. The van der Waals surface area contributed by atoms with E-state index in [-0.39, 0.29) is 5.78 Å². The standard InChI is InChI=1S/C29H33Cl2N3O/c30-26-8-5-22(17-27(26)31)19-33-15-11-25(12-16-33)34-14-2-3-21(20-34)6-10-29(35)24-7-9-28-23(18-24)4-1-13-32-28/h1,4-5,7-9,13,17-18,21,25H,2-3,6,10-12,14-16,19-20H2. The molecule has 0 saturated carbocycles. The number of benzene rings is 2. The van der Waals surface area contributed by atoms with E-state index in [1.165, 1.54) is 37.8 Å². The van der Waals surface area contributed by atoms with Crippen LogP contribution in [0.3, 0.4) is 0 Å². The smallest absolute Gasteiger partial charge is 0.162 e. The Kier molecular flexibility index (Phi) is 8.04. The van der Waals surface area contributed by atoms with Gasteiger partial charge < -0.3 is 4.90 Å². The fourth-order valence-corrected chi connectivity index (χ4v) is 6.05. The van der Waals surface area contributed by atoms with Gasteiger partial charge in [0, 0.05) is 42.7 Å². The molecule has 2 saturated heterocycles. The first kappa shape index (κ1) is 24.7. The quantitative estimate of drug-likeness (QED) is 0.325. The number of pyridine rings is 1. The van der Waals surface area contributed by atoms with Gasteiger partial charge in [-0.1, -0.05) is 35.3 Å². The minimum absolute atomic E-state index is 0.253. The second-order valence-corrected chi connectivity index (χ2v) is 10.9. The fourth-order valence-electron chi connectivity index (χ4n) is 5.73. The molecule has 0 amide bonds. The second kappa shape index (κ2) is 11.4. The molecular weight excluding hydrogens is 477 g/mol. The predicted octanol–water partition coefficient (Wildman–Crippen LogP) is 6.88. The van der Waals surface area contributed by atoms with E-state index in [4.69, 9.17) is 23.2 Å². The Morgan fingerprint density at radius 3 is 2.66 bits per heavy atom. The molecule has 5 rings (SSSR count). The molecule has 4 nitrogen and oxygen atoms in total. The highest BCUT2D eigenvalue weighted by atomic mass is 35.5. The van der Waals surface area contributed by atoms with E-state index in [0.717, 1.165) is 49.1 Å². The van der Waals surface area contributed by atoms with Crippen molar-refractivity contribution in [2.75, 3.05) is 26.2 Å². The minimum atomic E-state index is 0.253. The molecule has 2 aromatic carbocycles. The molecule has 1 atom stereocenters. The number of carbonyl (C=O) groups excluding carboxylic acids is 1. The van der Waals surface area contributed by atoms with Crippen LogP contribution in [0.2, 0.25) is 10.0 Å². The number of ketones is 1. The van der Waals surface area contributed by atoms with Crippen LogP contribution in [0.15, 0.2) is 54.7 Å². The van der Waals surface area contributed by atoms with Crippen molar-refractivity contribution in [1.29, 1.82) is 0 Å². The summed E-state index contributed by atoms with van der Waals surface area (Å²) in [4.78, 5) is 22.5. The highest BCUT2D eigenvalue weighted by molar-refractivity contribution is 6.42. The van der Waals surface area contributed by atoms with Crippen LogP contribution in [-0.2, 0) is 6.54 Å². The zero-order valence-electron chi connectivity index (χ0n) is 20.1. The summed E-state index contributed by atoms with van der Waals surface area (Å²) in [7, 11) is 0. The molecule has 1 unspecified atom stereocenters. The number of rotatable bonds is 7. The van der Waals surface area contributed by atoms with Crippen molar-refractivity contribution in [2.45, 2.75) is 51.1 Å². The van der Waals surface area contributed by atoms with Crippen molar-refractivity contribution in [1.82, 2.24) is 14.8 Å². The minimum Gasteiger partial charge on any atom is -0.300 e. The maximum absolute atomic E-state index is 12.9. The van der Waals surface area contributed by atoms with Crippen LogP contribution in [0.4, 0.5) is 0 Å². The molecule has 6 heteroatoms. The highest BCUT2D eigenvalue weighted by Crippen LogP contribution is 2.28. The Hall–Kier alpha value is -1.98. The van der Waals surface area contributed by atoms with Crippen molar-refractivity contribution in [3.05, 3.63) is 75.9 Å². The van der Waals surface area contributed by atoms with Gasteiger partial charge in [-0.25, -0.2) is 0 Å². The van der Waals surface area contributed by atoms with E-state index >= 15 is 0 Å². The van der Waals surface area contributed by atoms with Crippen LogP contribution in [0.5, 0.6) is 0 Å². The van der Waals surface area contributed by atoms with Crippen molar-refractivity contribution in [3.8, 4) is 0 Å². The average Bonchev–Trinajstić information content (AvgIpc) is 2.90. The highest BCUT2D eigenvalue weighted by Gasteiger charge is 2.29. The number of piperidine rings is 2. The Balaban J connectivity index is 1.09. The first-order chi connectivity index (χ1) is 17.0. The third kappa shape index (κ3) is 6.24. The molecule has 0 spiro atoms. The van der Waals surface area contributed by atoms with Gasteiger partial charge in [0.05, 0.1) is 15.6 Å². The van der Waals surface area contributed by atoms with Crippen LogP contribution in [0.1, 0.15) is 54.4 Å². The number of nitrogens with zero attached hydrogens (tertiary/aromatic N) is 3. The lowest BCUT2D eigenvalue weighted by molar-refractivity contribution is 0.0657. The van der Waals surface area contributed by atoms with Crippen LogP contribution in [-0.4, -0.2) is 52.8 Å². The summed E-state index contributed by atoms with van der Waals surface area (Å²) in [5.41, 5.74) is 2.98. The summed E-state index contributed by atoms with van der Waals surface area (Å²) in [5, 5.41) is 2.28. The van der Waals surface area contributed by atoms with E-state index < -0.39 is 0 Å².